The number of rotatable bonds is 8. The van der Waals surface area contributed by atoms with Crippen LogP contribution in [0.3, 0.4) is 0 Å². The first kappa shape index (κ1) is 23.3. The highest BCUT2D eigenvalue weighted by Crippen LogP contribution is 2.17. The molecule has 1 aliphatic rings. The van der Waals surface area contributed by atoms with Crippen LogP contribution < -0.4 is 10.6 Å². The van der Waals surface area contributed by atoms with Crippen LogP contribution in [0.15, 0.2) is 45.9 Å². The molecule has 170 valence electrons. The molecule has 0 saturated carbocycles. The maximum atomic E-state index is 5.19. The van der Waals surface area contributed by atoms with Crippen molar-refractivity contribution in [2.45, 2.75) is 52.7 Å². The molecule has 1 aromatic heterocycles. The second kappa shape index (κ2) is 10.8. The molecule has 2 aromatic rings. The van der Waals surface area contributed by atoms with Gasteiger partial charge in [0.1, 0.15) is 5.76 Å². The van der Waals surface area contributed by atoms with Crippen LogP contribution in [0.25, 0.3) is 0 Å². The Balaban J connectivity index is 1.54. The van der Waals surface area contributed by atoms with Crippen LogP contribution in [0.1, 0.15) is 50.8 Å². The minimum absolute atomic E-state index is 0.109. The highest BCUT2D eigenvalue weighted by molar-refractivity contribution is 5.80. The zero-order chi connectivity index (χ0) is 22.3. The van der Waals surface area contributed by atoms with Gasteiger partial charge in [0.2, 0.25) is 0 Å². The summed E-state index contributed by atoms with van der Waals surface area (Å²) >= 11 is 0. The predicted octanol–water partition coefficient (Wildman–Crippen LogP) is 3.20. The number of hydrogen-bond acceptors (Lipinski definition) is 5. The average Bonchev–Trinajstić information content (AvgIpc) is 3.16. The molecule has 31 heavy (non-hydrogen) atoms. The number of piperazine rings is 1. The Morgan fingerprint density at radius 2 is 1.90 bits per heavy atom. The van der Waals surface area contributed by atoms with Crippen LogP contribution in [0.5, 0.6) is 0 Å². The van der Waals surface area contributed by atoms with Gasteiger partial charge in [-0.2, -0.15) is 0 Å². The molecule has 7 nitrogen and oxygen atoms in total. The largest absolute Gasteiger partial charge is 0.361 e. The summed E-state index contributed by atoms with van der Waals surface area (Å²) in [5.74, 6) is 1.87. The maximum Gasteiger partial charge on any atom is 0.194 e. The van der Waals surface area contributed by atoms with E-state index < -0.39 is 0 Å². The highest BCUT2D eigenvalue weighted by Gasteiger charge is 2.23. The Morgan fingerprint density at radius 1 is 1.19 bits per heavy atom. The topological polar surface area (TPSA) is 68.9 Å². The number of guanidine groups is 1. The molecule has 1 aliphatic heterocycles. The van der Waals surface area contributed by atoms with Gasteiger partial charge in [0.05, 0.1) is 12.2 Å². The zero-order valence-electron chi connectivity index (χ0n) is 19.7. The van der Waals surface area contributed by atoms with Crippen molar-refractivity contribution in [1.82, 2.24) is 25.6 Å². The molecule has 0 amide bonds. The molecule has 1 unspecified atom stereocenters. The van der Waals surface area contributed by atoms with Gasteiger partial charge in [0, 0.05) is 56.9 Å². The lowest BCUT2D eigenvalue weighted by atomic mass is 10.0. The Kier molecular flexibility index (Phi) is 8.09. The molecule has 0 bridgehead atoms. The van der Waals surface area contributed by atoms with Gasteiger partial charge in [0.15, 0.2) is 5.96 Å². The van der Waals surface area contributed by atoms with E-state index in [1.807, 2.05) is 13.0 Å². The first-order valence-corrected chi connectivity index (χ1v) is 11.4. The Morgan fingerprint density at radius 3 is 2.52 bits per heavy atom. The molecule has 2 N–H and O–H groups in total. The van der Waals surface area contributed by atoms with E-state index >= 15 is 0 Å². The van der Waals surface area contributed by atoms with Gasteiger partial charge in [-0.25, -0.2) is 0 Å². The van der Waals surface area contributed by atoms with Crippen molar-refractivity contribution in [3.05, 3.63) is 53.4 Å². The van der Waals surface area contributed by atoms with Crippen molar-refractivity contribution in [1.29, 1.82) is 0 Å². The first-order valence-electron chi connectivity index (χ1n) is 11.4. The number of aryl methyl sites for hydroxylation is 1. The van der Waals surface area contributed by atoms with Gasteiger partial charge >= 0.3 is 0 Å². The number of benzene rings is 1. The number of hydrogen-bond donors (Lipinski definition) is 2. The van der Waals surface area contributed by atoms with Gasteiger partial charge in [-0.05, 0) is 40.2 Å². The summed E-state index contributed by atoms with van der Waals surface area (Å²) in [5.41, 5.74) is 2.19. The van der Waals surface area contributed by atoms with Gasteiger partial charge < -0.3 is 20.1 Å². The van der Waals surface area contributed by atoms with Crippen LogP contribution in [-0.4, -0.2) is 65.7 Å². The van der Waals surface area contributed by atoms with E-state index in [1.54, 1.807) is 0 Å². The van der Waals surface area contributed by atoms with Crippen molar-refractivity contribution < 1.29 is 4.52 Å². The number of nitrogens with zero attached hydrogens (tertiary/aromatic N) is 4. The third-order valence-electron chi connectivity index (χ3n) is 5.60. The van der Waals surface area contributed by atoms with Crippen LogP contribution in [0.2, 0.25) is 0 Å². The lowest BCUT2D eigenvalue weighted by molar-refractivity contribution is 0.168. The van der Waals surface area contributed by atoms with Crippen molar-refractivity contribution in [3.63, 3.8) is 0 Å². The van der Waals surface area contributed by atoms with Gasteiger partial charge in [0.25, 0.3) is 0 Å². The molecule has 0 radical (unpaired) electrons. The van der Waals surface area contributed by atoms with E-state index in [4.69, 9.17) is 9.52 Å². The van der Waals surface area contributed by atoms with E-state index in [2.05, 4.69) is 83.6 Å². The molecule has 1 saturated heterocycles. The van der Waals surface area contributed by atoms with Crippen LogP contribution in [-0.2, 0) is 6.54 Å². The van der Waals surface area contributed by atoms with Crippen molar-refractivity contribution >= 4 is 5.96 Å². The summed E-state index contributed by atoms with van der Waals surface area (Å²) in [6.07, 6.45) is 0. The summed E-state index contributed by atoms with van der Waals surface area (Å²) in [6, 6.07) is 12.9. The first-order chi connectivity index (χ1) is 14.9. The predicted molar refractivity (Wildman–Crippen MR) is 126 cm³/mol. The number of aromatic nitrogens is 1. The fraction of sp³-hybridized carbons (Fsp3) is 0.583. The smallest absolute Gasteiger partial charge is 0.194 e. The summed E-state index contributed by atoms with van der Waals surface area (Å²) in [6.45, 7) is 17.0. The summed E-state index contributed by atoms with van der Waals surface area (Å²) in [4.78, 5) is 9.78. The molecule has 1 atom stereocenters. The molecule has 1 aromatic carbocycles. The van der Waals surface area contributed by atoms with E-state index in [0.29, 0.717) is 6.54 Å². The van der Waals surface area contributed by atoms with Crippen LogP contribution in [0.4, 0.5) is 0 Å². The summed E-state index contributed by atoms with van der Waals surface area (Å²) in [7, 11) is 0. The fourth-order valence-corrected chi connectivity index (χ4v) is 3.99. The van der Waals surface area contributed by atoms with Crippen LogP contribution in [0, 0.1) is 6.92 Å². The van der Waals surface area contributed by atoms with Gasteiger partial charge in [-0.1, -0.05) is 35.5 Å². The number of aliphatic imine (C=N–C) groups is 1. The molecule has 7 heteroatoms. The fourth-order valence-electron chi connectivity index (χ4n) is 3.99. The minimum Gasteiger partial charge on any atom is -0.361 e. The summed E-state index contributed by atoms with van der Waals surface area (Å²) in [5, 5.41) is 11.3. The van der Waals surface area contributed by atoms with E-state index in [9.17, 15) is 0 Å². The summed E-state index contributed by atoms with van der Waals surface area (Å²) < 4.78 is 5.19. The average molecular weight is 427 g/mol. The van der Waals surface area contributed by atoms with Crippen LogP contribution >= 0.6 is 0 Å². The normalized spacial score (nSPS) is 17.1. The van der Waals surface area contributed by atoms with E-state index in [0.717, 1.165) is 56.7 Å². The Bertz CT molecular complexity index is 824. The third kappa shape index (κ3) is 7.08. The molecule has 1 fully saturated rings. The van der Waals surface area contributed by atoms with Gasteiger partial charge in [-0.15, -0.1) is 0 Å². The highest BCUT2D eigenvalue weighted by atomic mass is 16.5. The molecule has 0 aliphatic carbocycles. The quantitative estimate of drug-likeness (QED) is 0.499. The van der Waals surface area contributed by atoms with Crippen molar-refractivity contribution in [3.8, 4) is 0 Å². The molecule has 3 rings (SSSR count). The standard InChI is InChI=1S/C24H38N6O/c1-6-25-23(26-18-24(4,5)27-20(3)21-10-8-7-9-11-21)30-14-12-29(13-15-30)17-22-16-19(2)31-28-22/h7-11,16,20,27H,6,12-15,17-18H2,1-5H3,(H,25,26). The van der Waals surface area contributed by atoms with Crippen molar-refractivity contribution in [2.24, 2.45) is 4.99 Å². The molecular weight excluding hydrogens is 388 g/mol. The molecule has 0 spiro atoms. The molecule has 2 heterocycles. The van der Waals surface area contributed by atoms with E-state index in [1.165, 1.54) is 5.56 Å². The SMILES string of the molecule is CCNC(=NCC(C)(C)NC(C)c1ccccc1)N1CCN(Cc2cc(C)on2)CC1. The zero-order valence-corrected chi connectivity index (χ0v) is 19.7. The lowest BCUT2D eigenvalue weighted by Gasteiger charge is -2.37. The molecular formula is C24H38N6O. The second-order valence-corrected chi connectivity index (χ2v) is 9.02. The van der Waals surface area contributed by atoms with Gasteiger partial charge in [-0.3, -0.25) is 9.89 Å². The number of nitrogens with one attached hydrogen (secondary N) is 2. The second-order valence-electron chi connectivity index (χ2n) is 9.02. The Labute approximate surface area is 186 Å². The van der Waals surface area contributed by atoms with E-state index in [-0.39, 0.29) is 11.6 Å². The lowest BCUT2D eigenvalue weighted by Crippen LogP contribution is -2.53. The Hall–Kier alpha value is -2.38. The monoisotopic (exact) mass is 426 g/mol. The van der Waals surface area contributed by atoms with Crippen molar-refractivity contribution in [2.75, 3.05) is 39.3 Å². The minimum atomic E-state index is -0.109. The maximum absolute atomic E-state index is 5.19. The third-order valence-corrected chi connectivity index (χ3v) is 5.60.